The zero-order valence-electron chi connectivity index (χ0n) is 10.8. The van der Waals surface area contributed by atoms with Crippen molar-refractivity contribution in [3.05, 3.63) is 30.4 Å². The molecule has 2 heterocycles. The van der Waals surface area contributed by atoms with Crippen molar-refractivity contribution < 1.29 is 0 Å². The molecule has 0 spiro atoms. The Balaban J connectivity index is 2.01. The Morgan fingerprint density at radius 3 is 2.94 bits per heavy atom. The number of hydrogen-bond acceptors (Lipinski definition) is 2. The molecule has 0 saturated heterocycles. The average molecular weight is 231 g/mol. The summed E-state index contributed by atoms with van der Waals surface area (Å²) in [7, 11) is 0. The summed E-state index contributed by atoms with van der Waals surface area (Å²) in [5.74, 6) is 1.37. The van der Waals surface area contributed by atoms with Gasteiger partial charge in [-0.2, -0.15) is 0 Å². The summed E-state index contributed by atoms with van der Waals surface area (Å²) >= 11 is 0. The molecule has 1 unspecified atom stereocenters. The van der Waals surface area contributed by atoms with Crippen LogP contribution in [-0.2, 0) is 0 Å². The number of fused-ring (bicyclic) bond motifs is 1. The lowest BCUT2D eigenvalue weighted by Gasteiger charge is -2.10. The molecule has 92 valence electrons. The standard InChI is InChI=1S/C14H21N3/c1-3-4-5-6-8-12(2)13-11-16-14-15-9-7-10-17(13)14/h7,9-12H,3-6,8H2,1-2H3. The molecule has 2 rings (SSSR count). The van der Waals surface area contributed by atoms with Gasteiger partial charge in [0.25, 0.3) is 0 Å². The van der Waals surface area contributed by atoms with Gasteiger partial charge in [-0.3, -0.25) is 4.40 Å². The van der Waals surface area contributed by atoms with Gasteiger partial charge in [-0.1, -0.05) is 39.5 Å². The summed E-state index contributed by atoms with van der Waals surface area (Å²) in [5.41, 5.74) is 1.28. The van der Waals surface area contributed by atoms with Crippen LogP contribution >= 0.6 is 0 Å². The van der Waals surface area contributed by atoms with E-state index in [1.165, 1.54) is 37.8 Å². The Kier molecular flexibility index (Phi) is 4.13. The van der Waals surface area contributed by atoms with Crippen molar-refractivity contribution in [2.45, 2.75) is 51.9 Å². The highest BCUT2D eigenvalue weighted by Gasteiger charge is 2.10. The maximum Gasteiger partial charge on any atom is 0.233 e. The average Bonchev–Trinajstić information content (AvgIpc) is 2.78. The molecule has 0 aromatic carbocycles. The third kappa shape index (κ3) is 2.84. The van der Waals surface area contributed by atoms with Crippen LogP contribution in [0.25, 0.3) is 5.78 Å². The molecule has 0 radical (unpaired) electrons. The van der Waals surface area contributed by atoms with E-state index >= 15 is 0 Å². The van der Waals surface area contributed by atoms with Crippen molar-refractivity contribution in [3.63, 3.8) is 0 Å². The highest BCUT2D eigenvalue weighted by molar-refractivity contribution is 5.31. The fourth-order valence-corrected chi connectivity index (χ4v) is 2.24. The predicted octanol–water partition coefficient (Wildman–Crippen LogP) is 3.80. The summed E-state index contributed by atoms with van der Waals surface area (Å²) in [4.78, 5) is 8.58. The van der Waals surface area contributed by atoms with Gasteiger partial charge in [0.1, 0.15) is 0 Å². The van der Waals surface area contributed by atoms with Crippen LogP contribution in [-0.4, -0.2) is 14.4 Å². The monoisotopic (exact) mass is 231 g/mol. The molecule has 0 saturated carbocycles. The van der Waals surface area contributed by atoms with E-state index in [1.807, 2.05) is 18.5 Å². The van der Waals surface area contributed by atoms with Gasteiger partial charge in [0.15, 0.2) is 0 Å². The Morgan fingerprint density at radius 2 is 2.12 bits per heavy atom. The first-order valence-corrected chi connectivity index (χ1v) is 6.61. The molecule has 0 fully saturated rings. The highest BCUT2D eigenvalue weighted by Crippen LogP contribution is 2.22. The molecule has 17 heavy (non-hydrogen) atoms. The van der Waals surface area contributed by atoms with Gasteiger partial charge in [0.05, 0.1) is 6.20 Å². The van der Waals surface area contributed by atoms with Gasteiger partial charge in [-0.25, -0.2) is 9.97 Å². The minimum Gasteiger partial charge on any atom is -0.288 e. The molecule has 1 atom stereocenters. The quantitative estimate of drug-likeness (QED) is 0.708. The van der Waals surface area contributed by atoms with Crippen molar-refractivity contribution in [2.24, 2.45) is 0 Å². The second kappa shape index (κ2) is 5.80. The van der Waals surface area contributed by atoms with E-state index in [-0.39, 0.29) is 0 Å². The summed E-state index contributed by atoms with van der Waals surface area (Å²) < 4.78 is 2.10. The van der Waals surface area contributed by atoms with Gasteiger partial charge in [0.2, 0.25) is 5.78 Å². The van der Waals surface area contributed by atoms with Gasteiger partial charge in [-0.15, -0.1) is 0 Å². The molecule has 0 amide bonds. The van der Waals surface area contributed by atoms with Crippen LogP contribution < -0.4 is 0 Å². The maximum absolute atomic E-state index is 4.34. The SMILES string of the molecule is CCCCCCC(C)c1cnc2ncccn12. The first kappa shape index (κ1) is 12.1. The Labute approximate surface area is 103 Å². The molecule has 0 aliphatic heterocycles. The number of hydrogen-bond donors (Lipinski definition) is 0. The third-order valence-electron chi connectivity index (χ3n) is 3.31. The van der Waals surface area contributed by atoms with Gasteiger partial charge in [0, 0.05) is 18.1 Å². The second-order valence-corrected chi connectivity index (χ2v) is 4.72. The summed E-state index contributed by atoms with van der Waals surface area (Å²) in [6.07, 6.45) is 12.3. The van der Waals surface area contributed by atoms with Crippen LogP contribution in [0.2, 0.25) is 0 Å². The van der Waals surface area contributed by atoms with E-state index < -0.39 is 0 Å². The number of aromatic nitrogens is 3. The summed E-state index contributed by atoms with van der Waals surface area (Å²) in [5, 5.41) is 0. The Morgan fingerprint density at radius 1 is 1.24 bits per heavy atom. The van der Waals surface area contributed by atoms with E-state index in [2.05, 4.69) is 28.2 Å². The zero-order valence-corrected chi connectivity index (χ0v) is 10.8. The van der Waals surface area contributed by atoms with E-state index in [0.29, 0.717) is 5.92 Å². The van der Waals surface area contributed by atoms with Crippen LogP contribution in [0.15, 0.2) is 24.7 Å². The molecule has 2 aromatic rings. The number of rotatable bonds is 6. The van der Waals surface area contributed by atoms with E-state index in [9.17, 15) is 0 Å². The van der Waals surface area contributed by atoms with Crippen molar-refractivity contribution in [1.82, 2.24) is 14.4 Å². The van der Waals surface area contributed by atoms with Crippen LogP contribution in [0, 0.1) is 0 Å². The smallest absolute Gasteiger partial charge is 0.233 e. The minimum absolute atomic E-state index is 0.561. The first-order valence-electron chi connectivity index (χ1n) is 6.61. The van der Waals surface area contributed by atoms with Crippen LogP contribution in [0.1, 0.15) is 57.6 Å². The van der Waals surface area contributed by atoms with Crippen molar-refractivity contribution in [2.75, 3.05) is 0 Å². The van der Waals surface area contributed by atoms with Gasteiger partial charge in [-0.05, 0) is 18.4 Å². The molecule has 3 nitrogen and oxygen atoms in total. The molecule has 2 aromatic heterocycles. The second-order valence-electron chi connectivity index (χ2n) is 4.72. The van der Waals surface area contributed by atoms with Gasteiger partial charge < -0.3 is 0 Å². The van der Waals surface area contributed by atoms with Crippen LogP contribution in [0.5, 0.6) is 0 Å². The summed E-state index contributed by atoms with van der Waals surface area (Å²) in [6.45, 7) is 4.53. The van der Waals surface area contributed by atoms with Crippen LogP contribution in [0.3, 0.4) is 0 Å². The topological polar surface area (TPSA) is 30.2 Å². The lowest BCUT2D eigenvalue weighted by molar-refractivity contribution is 0.569. The maximum atomic E-state index is 4.34. The molecular formula is C14H21N3. The Bertz CT molecular complexity index is 461. The lowest BCUT2D eigenvalue weighted by Crippen LogP contribution is -1.99. The fraction of sp³-hybridized carbons (Fsp3) is 0.571. The third-order valence-corrected chi connectivity index (χ3v) is 3.31. The summed E-state index contributed by atoms with van der Waals surface area (Å²) in [6, 6.07) is 1.96. The largest absolute Gasteiger partial charge is 0.288 e. The molecule has 0 aliphatic rings. The molecular weight excluding hydrogens is 210 g/mol. The predicted molar refractivity (Wildman–Crippen MR) is 70.2 cm³/mol. The molecule has 0 bridgehead atoms. The number of nitrogens with zero attached hydrogens (tertiary/aromatic N) is 3. The van der Waals surface area contributed by atoms with Crippen molar-refractivity contribution in [3.8, 4) is 0 Å². The minimum atomic E-state index is 0.561. The highest BCUT2D eigenvalue weighted by atomic mass is 15.1. The Hall–Kier alpha value is -1.38. The van der Waals surface area contributed by atoms with Crippen molar-refractivity contribution >= 4 is 5.78 Å². The molecule has 0 aliphatic carbocycles. The molecule has 0 N–H and O–H groups in total. The number of unbranched alkanes of at least 4 members (excludes halogenated alkanes) is 3. The van der Waals surface area contributed by atoms with E-state index in [4.69, 9.17) is 0 Å². The normalized spacial score (nSPS) is 13.1. The lowest BCUT2D eigenvalue weighted by atomic mass is 10.00. The van der Waals surface area contributed by atoms with E-state index in [0.717, 1.165) is 5.78 Å². The zero-order chi connectivity index (χ0) is 12.1. The van der Waals surface area contributed by atoms with Gasteiger partial charge >= 0.3 is 0 Å². The fourth-order valence-electron chi connectivity index (χ4n) is 2.24. The first-order chi connectivity index (χ1) is 8.33. The van der Waals surface area contributed by atoms with Crippen LogP contribution in [0.4, 0.5) is 0 Å². The van der Waals surface area contributed by atoms with Crippen molar-refractivity contribution in [1.29, 1.82) is 0 Å². The molecule has 3 heteroatoms. The van der Waals surface area contributed by atoms with E-state index in [1.54, 1.807) is 6.20 Å². The number of imidazole rings is 1.